The molecule has 0 aliphatic carbocycles. The van der Waals surface area contributed by atoms with Crippen molar-refractivity contribution in [2.75, 3.05) is 6.54 Å². The minimum Gasteiger partial charge on any atom is -0.471 e. The fourth-order valence-corrected chi connectivity index (χ4v) is 2.22. The van der Waals surface area contributed by atoms with E-state index < -0.39 is 0 Å². The predicted molar refractivity (Wildman–Crippen MR) is 73.2 cm³/mol. The van der Waals surface area contributed by atoms with Crippen LogP contribution in [-0.4, -0.2) is 28.1 Å². The predicted octanol–water partition coefficient (Wildman–Crippen LogP) is 2.80. The number of aliphatic imine (C=N–C) groups is 1. The van der Waals surface area contributed by atoms with Crippen molar-refractivity contribution in [3.05, 3.63) is 47.0 Å². The number of rotatable bonds is 2. The molecule has 1 aromatic heterocycles. The standard InChI is InChI=1S/C13H12BrN3O/c1-9-6-15-13(18-9)12-7-17(8-16-12)11-4-2-3-10(14)5-11/h2-5,7-9H,6H2,1H3/t9-/m1/s1. The van der Waals surface area contributed by atoms with Crippen LogP contribution < -0.4 is 0 Å². The molecule has 0 spiro atoms. The van der Waals surface area contributed by atoms with Gasteiger partial charge in [0.15, 0.2) is 0 Å². The lowest BCUT2D eigenvalue weighted by Crippen LogP contribution is -2.08. The number of hydrogen-bond donors (Lipinski definition) is 0. The van der Waals surface area contributed by atoms with Crippen LogP contribution in [-0.2, 0) is 4.74 Å². The lowest BCUT2D eigenvalue weighted by molar-refractivity contribution is 0.246. The molecule has 3 rings (SSSR count). The molecule has 18 heavy (non-hydrogen) atoms. The Kier molecular flexibility index (Phi) is 2.91. The minimum absolute atomic E-state index is 0.149. The lowest BCUT2D eigenvalue weighted by atomic mass is 10.3. The molecule has 1 aliphatic heterocycles. The van der Waals surface area contributed by atoms with Crippen molar-refractivity contribution in [3.63, 3.8) is 0 Å². The minimum atomic E-state index is 0.149. The fourth-order valence-electron chi connectivity index (χ4n) is 1.83. The highest BCUT2D eigenvalue weighted by molar-refractivity contribution is 9.10. The van der Waals surface area contributed by atoms with Gasteiger partial charge < -0.3 is 9.30 Å². The van der Waals surface area contributed by atoms with E-state index in [1.807, 2.05) is 42.0 Å². The van der Waals surface area contributed by atoms with E-state index in [0.29, 0.717) is 12.4 Å². The summed E-state index contributed by atoms with van der Waals surface area (Å²) in [5, 5.41) is 0. The first-order chi connectivity index (χ1) is 8.72. The second kappa shape index (κ2) is 4.57. The van der Waals surface area contributed by atoms with Gasteiger partial charge in [-0.25, -0.2) is 9.98 Å². The van der Waals surface area contributed by atoms with E-state index in [0.717, 1.165) is 15.9 Å². The van der Waals surface area contributed by atoms with Crippen molar-refractivity contribution in [3.8, 4) is 5.69 Å². The van der Waals surface area contributed by atoms with E-state index in [9.17, 15) is 0 Å². The molecule has 0 unspecified atom stereocenters. The SMILES string of the molecule is C[C@@H]1CN=C(c2cn(-c3cccc(Br)c3)cn2)O1. The van der Waals surface area contributed by atoms with E-state index in [1.54, 1.807) is 6.33 Å². The maximum Gasteiger partial charge on any atom is 0.237 e. The molecule has 1 atom stereocenters. The summed E-state index contributed by atoms with van der Waals surface area (Å²) in [5.41, 5.74) is 1.83. The van der Waals surface area contributed by atoms with E-state index in [2.05, 4.69) is 25.9 Å². The maximum absolute atomic E-state index is 5.59. The highest BCUT2D eigenvalue weighted by Crippen LogP contribution is 2.17. The number of ether oxygens (including phenoxy) is 1. The van der Waals surface area contributed by atoms with Crippen LogP contribution in [0.5, 0.6) is 0 Å². The van der Waals surface area contributed by atoms with Crippen molar-refractivity contribution >= 4 is 21.8 Å². The zero-order valence-electron chi connectivity index (χ0n) is 9.88. The normalized spacial score (nSPS) is 18.6. The van der Waals surface area contributed by atoms with Crippen LogP contribution in [0.25, 0.3) is 5.69 Å². The van der Waals surface area contributed by atoms with Gasteiger partial charge in [-0.2, -0.15) is 0 Å². The Morgan fingerprint density at radius 2 is 2.33 bits per heavy atom. The third-order valence-corrected chi connectivity index (χ3v) is 3.21. The topological polar surface area (TPSA) is 39.4 Å². The molecule has 4 nitrogen and oxygen atoms in total. The molecule has 1 aromatic carbocycles. The molecule has 0 fully saturated rings. The van der Waals surface area contributed by atoms with Crippen LogP contribution in [0.2, 0.25) is 0 Å². The Bertz CT molecular complexity index is 606. The van der Waals surface area contributed by atoms with Gasteiger partial charge in [0.25, 0.3) is 0 Å². The molecule has 0 bridgehead atoms. The number of hydrogen-bond acceptors (Lipinski definition) is 3. The molecule has 0 N–H and O–H groups in total. The molecule has 0 radical (unpaired) electrons. The Morgan fingerprint density at radius 1 is 1.44 bits per heavy atom. The van der Waals surface area contributed by atoms with Crippen molar-refractivity contribution in [2.24, 2.45) is 4.99 Å². The van der Waals surface area contributed by atoms with Gasteiger partial charge >= 0.3 is 0 Å². The van der Waals surface area contributed by atoms with Crippen LogP contribution in [0.15, 0.2) is 46.3 Å². The Hall–Kier alpha value is -1.62. The van der Waals surface area contributed by atoms with Crippen molar-refractivity contribution in [2.45, 2.75) is 13.0 Å². The molecule has 0 amide bonds. The van der Waals surface area contributed by atoms with Crippen molar-refractivity contribution in [1.29, 1.82) is 0 Å². The highest BCUT2D eigenvalue weighted by Gasteiger charge is 2.18. The average Bonchev–Trinajstić information content (AvgIpc) is 2.97. The summed E-state index contributed by atoms with van der Waals surface area (Å²) in [4.78, 5) is 8.65. The van der Waals surface area contributed by atoms with Gasteiger partial charge in [0, 0.05) is 16.4 Å². The van der Waals surface area contributed by atoms with Gasteiger partial charge in [-0.3, -0.25) is 0 Å². The monoisotopic (exact) mass is 305 g/mol. The number of imidazole rings is 1. The Labute approximate surface area is 113 Å². The van der Waals surface area contributed by atoms with E-state index in [4.69, 9.17) is 4.74 Å². The summed E-state index contributed by atoms with van der Waals surface area (Å²) in [5.74, 6) is 0.635. The largest absolute Gasteiger partial charge is 0.471 e. The van der Waals surface area contributed by atoms with Gasteiger partial charge in [0.1, 0.15) is 18.1 Å². The molecular formula is C13H12BrN3O. The van der Waals surface area contributed by atoms with Crippen LogP contribution >= 0.6 is 15.9 Å². The quantitative estimate of drug-likeness (QED) is 0.856. The summed E-state index contributed by atoms with van der Waals surface area (Å²) in [6.45, 7) is 2.71. The Morgan fingerprint density at radius 3 is 3.06 bits per heavy atom. The number of nitrogens with zero attached hydrogens (tertiary/aromatic N) is 3. The third-order valence-electron chi connectivity index (χ3n) is 2.71. The molecule has 0 saturated carbocycles. The summed E-state index contributed by atoms with van der Waals surface area (Å²) >= 11 is 3.46. The summed E-state index contributed by atoms with van der Waals surface area (Å²) in [7, 11) is 0. The average molecular weight is 306 g/mol. The van der Waals surface area contributed by atoms with Gasteiger partial charge in [-0.1, -0.05) is 22.0 Å². The maximum atomic E-state index is 5.59. The van der Waals surface area contributed by atoms with Gasteiger partial charge in [-0.15, -0.1) is 0 Å². The number of benzene rings is 1. The van der Waals surface area contributed by atoms with E-state index in [1.165, 1.54) is 0 Å². The van der Waals surface area contributed by atoms with Crippen LogP contribution in [0.4, 0.5) is 0 Å². The van der Waals surface area contributed by atoms with Crippen molar-refractivity contribution < 1.29 is 4.74 Å². The zero-order valence-corrected chi connectivity index (χ0v) is 11.5. The van der Waals surface area contributed by atoms with Crippen LogP contribution in [0, 0.1) is 0 Å². The molecule has 1 aliphatic rings. The van der Waals surface area contributed by atoms with E-state index >= 15 is 0 Å². The summed E-state index contributed by atoms with van der Waals surface area (Å²) in [6.07, 6.45) is 3.85. The van der Waals surface area contributed by atoms with Gasteiger partial charge in [0.05, 0.1) is 6.54 Å². The van der Waals surface area contributed by atoms with Crippen molar-refractivity contribution in [1.82, 2.24) is 9.55 Å². The number of aromatic nitrogens is 2. The van der Waals surface area contributed by atoms with E-state index in [-0.39, 0.29) is 6.10 Å². The molecule has 2 aromatic rings. The van der Waals surface area contributed by atoms with Gasteiger partial charge in [-0.05, 0) is 25.1 Å². The molecule has 2 heterocycles. The highest BCUT2D eigenvalue weighted by atomic mass is 79.9. The third kappa shape index (κ3) is 2.18. The van der Waals surface area contributed by atoms with Crippen LogP contribution in [0.3, 0.4) is 0 Å². The second-order valence-corrected chi connectivity index (χ2v) is 5.14. The molecule has 92 valence electrons. The zero-order chi connectivity index (χ0) is 12.5. The van der Waals surface area contributed by atoms with Crippen LogP contribution in [0.1, 0.15) is 12.6 Å². The first-order valence-electron chi connectivity index (χ1n) is 5.74. The van der Waals surface area contributed by atoms with Gasteiger partial charge in [0.2, 0.25) is 5.90 Å². The summed E-state index contributed by atoms with van der Waals surface area (Å²) < 4.78 is 8.58. The second-order valence-electron chi connectivity index (χ2n) is 4.22. The molecule has 0 saturated heterocycles. The fraction of sp³-hybridized carbons (Fsp3) is 0.231. The Balaban J connectivity index is 1.90. The first kappa shape index (κ1) is 11.5. The molecular weight excluding hydrogens is 294 g/mol. The lowest BCUT2D eigenvalue weighted by Gasteiger charge is -2.03. The smallest absolute Gasteiger partial charge is 0.237 e. The number of halogens is 1. The summed E-state index contributed by atoms with van der Waals surface area (Å²) in [6, 6.07) is 8.04. The molecule has 5 heteroatoms. The first-order valence-corrected chi connectivity index (χ1v) is 6.53.